The lowest BCUT2D eigenvalue weighted by Crippen LogP contribution is -2.36. The number of carbonyl (C=O) groups excluding carboxylic acids is 2. The zero-order chi connectivity index (χ0) is 20.9. The molecule has 2 saturated heterocycles. The summed E-state index contributed by atoms with van der Waals surface area (Å²) in [5.41, 5.74) is 2.77. The number of carbonyl (C=O) groups is 2. The van der Waals surface area contributed by atoms with E-state index >= 15 is 0 Å². The maximum atomic E-state index is 13.0. The van der Waals surface area contributed by atoms with Crippen LogP contribution in [0.1, 0.15) is 17.0 Å². The van der Waals surface area contributed by atoms with Crippen molar-refractivity contribution < 1.29 is 14.1 Å². The van der Waals surface area contributed by atoms with E-state index < -0.39 is 6.33 Å². The molecule has 2 aliphatic heterocycles. The fourth-order valence-corrected chi connectivity index (χ4v) is 24.3. The van der Waals surface area contributed by atoms with E-state index in [0.717, 1.165) is 31.4 Å². The fraction of sp³-hybridized carbons (Fsp3) is 0.467. The number of nitrogens with zero attached hydrogens (tertiary/aromatic N) is 5. The first-order valence-electron chi connectivity index (χ1n) is 8.98. The van der Waals surface area contributed by atoms with Gasteiger partial charge in [0.15, 0.2) is 0 Å². The lowest BCUT2D eigenvalue weighted by atomic mass is 10.2. The van der Waals surface area contributed by atoms with E-state index in [4.69, 9.17) is 4.52 Å². The van der Waals surface area contributed by atoms with E-state index in [1.807, 2.05) is 13.8 Å². The zero-order valence-corrected chi connectivity index (χ0v) is 22.4. The third kappa shape index (κ3) is 4.46. The average Bonchev–Trinajstić information content (AvgIpc) is 3.34. The summed E-state index contributed by atoms with van der Waals surface area (Å²) in [7, 11) is 9.98. The number of aromatic nitrogens is 3. The quantitative estimate of drug-likeness (QED) is 0.450. The predicted molar refractivity (Wildman–Crippen MR) is 132 cm³/mol. The van der Waals surface area contributed by atoms with Crippen LogP contribution in [0.15, 0.2) is 16.9 Å². The summed E-state index contributed by atoms with van der Waals surface area (Å²) in [6.45, 7) is 4.97. The summed E-state index contributed by atoms with van der Waals surface area (Å²) in [4.78, 5) is 28.5. The standard InChI is InChI=1S/C15H24N5O3P6/c1-9-13(10(2)23-17-9)6-19-4-11(3-16-19)20-14(21)7-18(15(20)22)5-12-8-29(25,26)28(24)27-12/h3-4,12,27H,5-8,24-26H2,1-2H3/q+1. The molecule has 4 heterocycles. The highest BCUT2D eigenvalue weighted by atomic mass is 33.0. The van der Waals surface area contributed by atoms with E-state index in [2.05, 4.69) is 37.0 Å². The number of hydrogen-bond donors (Lipinski definition) is 0. The van der Waals surface area contributed by atoms with Crippen molar-refractivity contribution in [3.63, 3.8) is 0 Å². The summed E-state index contributed by atoms with van der Waals surface area (Å²) in [6, 6.07) is -0.242. The highest BCUT2D eigenvalue weighted by molar-refractivity contribution is 9.00. The van der Waals surface area contributed by atoms with Gasteiger partial charge < -0.3 is 9.42 Å². The van der Waals surface area contributed by atoms with Crippen LogP contribution in [0.25, 0.3) is 0 Å². The van der Waals surface area contributed by atoms with Crippen LogP contribution in [0.2, 0.25) is 0 Å². The minimum Gasteiger partial charge on any atom is -0.361 e. The van der Waals surface area contributed by atoms with Gasteiger partial charge in [-0.15, -0.1) is 0 Å². The van der Waals surface area contributed by atoms with Gasteiger partial charge in [0.05, 0.1) is 43.6 Å². The van der Waals surface area contributed by atoms with Crippen molar-refractivity contribution in [3.05, 3.63) is 29.4 Å². The molecular weight excluding hydrogens is 484 g/mol. The zero-order valence-electron chi connectivity index (χ0n) is 16.1. The van der Waals surface area contributed by atoms with Gasteiger partial charge in [-0.05, 0) is 22.1 Å². The van der Waals surface area contributed by atoms with E-state index in [0.29, 0.717) is 24.4 Å². The van der Waals surface area contributed by atoms with Gasteiger partial charge in [0.1, 0.15) is 12.3 Å². The smallest absolute Gasteiger partial charge is 0.332 e. The molecule has 0 spiro atoms. The van der Waals surface area contributed by atoms with Crippen LogP contribution in [0.5, 0.6) is 0 Å². The maximum Gasteiger partial charge on any atom is 0.332 e. The Labute approximate surface area is 179 Å². The third-order valence-electron chi connectivity index (χ3n) is 5.09. The second kappa shape index (κ2) is 8.47. The van der Waals surface area contributed by atoms with Crippen LogP contribution in [0.4, 0.5) is 10.5 Å². The van der Waals surface area contributed by atoms with Crippen LogP contribution in [0, 0.1) is 13.8 Å². The number of rotatable bonds is 5. The molecule has 4 rings (SSSR count). The first-order valence-corrected chi connectivity index (χ1v) is 19.8. The summed E-state index contributed by atoms with van der Waals surface area (Å²) in [5.74, 6) is 0.548. The number of hydrogen-bond acceptors (Lipinski definition) is 5. The number of urea groups is 1. The van der Waals surface area contributed by atoms with Gasteiger partial charge in [0, 0.05) is 41.8 Å². The molecule has 0 radical (unpaired) electrons. The normalized spacial score (nSPS) is 25.0. The van der Waals surface area contributed by atoms with Gasteiger partial charge in [0.25, 0.3) is 5.91 Å². The van der Waals surface area contributed by atoms with Gasteiger partial charge in [0.2, 0.25) is 0 Å². The summed E-state index contributed by atoms with van der Waals surface area (Å²) < 4.78 is 6.89. The SMILES string of the molecule is Cc1noc(C)c1Cn1cc(N2C(=O)CN(CC3C[P+](P)(P)P(P)P3)C2=O)cn1. The average molecular weight is 508 g/mol. The van der Waals surface area contributed by atoms with Crippen LogP contribution < -0.4 is 4.90 Å². The second-order valence-electron chi connectivity index (χ2n) is 7.33. The van der Waals surface area contributed by atoms with Crippen molar-refractivity contribution in [1.82, 2.24) is 19.8 Å². The van der Waals surface area contributed by atoms with Crippen molar-refractivity contribution in [2.24, 2.45) is 0 Å². The minimum atomic E-state index is -1.03. The van der Waals surface area contributed by atoms with Crippen LogP contribution in [-0.4, -0.2) is 56.7 Å². The molecule has 2 aliphatic rings. The highest BCUT2D eigenvalue weighted by Crippen LogP contribution is 3.07. The number of imide groups is 1. The molecule has 14 heteroatoms. The monoisotopic (exact) mass is 508 g/mol. The topological polar surface area (TPSA) is 84.5 Å². The molecule has 0 saturated carbocycles. The molecular formula is C15H24N5O3P6+. The molecule has 29 heavy (non-hydrogen) atoms. The van der Waals surface area contributed by atoms with E-state index in [9.17, 15) is 9.59 Å². The van der Waals surface area contributed by atoms with Gasteiger partial charge in [-0.1, -0.05) is 14.1 Å². The Kier molecular flexibility index (Phi) is 6.47. The Balaban J connectivity index is 1.45. The van der Waals surface area contributed by atoms with E-state index in [-0.39, 0.29) is 25.5 Å². The van der Waals surface area contributed by atoms with Crippen molar-refractivity contribution in [2.45, 2.75) is 26.1 Å². The van der Waals surface area contributed by atoms with Crippen molar-refractivity contribution in [2.75, 3.05) is 24.2 Å². The Hall–Kier alpha value is -0.0600. The molecule has 2 aromatic rings. The van der Waals surface area contributed by atoms with E-state index in [1.54, 1.807) is 22.0 Å². The largest absolute Gasteiger partial charge is 0.361 e. The van der Waals surface area contributed by atoms with Crippen molar-refractivity contribution >= 4 is 66.0 Å². The Morgan fingerprint density at radius 2 is 2.14 bits per heavy atom. The third-order valence-corrected chi connectivity index (χ3v) is 37.4. The fourth-order valence-electron chi connectivity index (χ4n) is 3.53. The molecule has 0 aromatic carbocycles. The molecule has 6 unspecified atom stereocenters. The minimum absolute atomic E-state index is 0.0517. The van der Waals surface area contributed by atoms with Crippen LogP contribution >= 0.6 is 48.4 Å². The molecule has 0 N–H and O–H groups in total. The second-order valence-corrected chi connectivity index (χ2v) is 32.4. The summed E-state index contributed by atoms with van der Waals surface area (Å²) >= 11 is 0. The highest BCUT2D eigenvalue weighted by Gasteiger charge is 2.48. The first-order chi connectivity index (χ1) is 13.7. The number of amides is 3. The Morgan fingerprint density at radius 1 is 1.38 bits per heavy atom. The number of anilines is 1. The first kappa shape index (κ1) is 22.1. The van der Waals surface area contributed by atoms with Gasteiger partial charge in [-0.2, -0.15) is 5.10 Å². The van der Waals surface area contributed by atoms with E-state index in [1.165, 1.54) is 4.90 Å². The Morgan fingerprint density at radius 3 is 2.76 bits per heavy atom. The molecule has 0 bridgehead atoms. The Bertz CT molecular complexity index is 943. The van der Waals surface area contributed by atoms with Crippen LogP contribution in [-0.2, 0) is 11.3 Å². The maximum absolute atomic E-state index is 13.0. The molecule has 156 valence electrons. The van der Waals surface area contributed by atoms with Crippen molar-refractivity contribution in [1.29, 1.82) is 0 Å². The van der Waals surface area contributed by atoms with Crippen LogP contribution in [0.3, 0.4) is 0 Å². The van der Waals surface area contributed by atoms with Gasteiger partial charge in [-0.3, -0.25) is 9.48 Å². The molecule has 0 aliphatic carbocycles. The molecule has 2 aromatic heterocycles. The molecule has 8 nitrogen and oxygen atoms in total. The van der Waals surface area contributed by atoms with Gasteiger partial charge >= 0.3 is 6.03 Å². The number of aryl methyl sites for hydroxylation is 2. The lowest BCUT2D eigenvalue weighted by molar-refractivity contribution is -0.116. The predicted octanol–water partition coefficient (Wildman–Crippen LogP) is 4.07. The molecule has 2 fully saturated rings. The summed E-state index contributed by atoms with van der Waals surface area (Å²) in [5, 5.41) is 8.28. The lowest BCUT2D eigenvalue weighted by Gasteiger charge is -2.18. The molecule has 6 atom stereocenters. The molecule has 3 amide bonds. The summed E-state index contributed by atoms with van der Waals surface area (Å²) in [6.07, 6.45) is 3.41. The van der Waals surface area contributed by atoms with Gasteiger partial charge in [-0.25, -0.2) is 9.69 Å². The van der Waals surface area contributed by atoms with Crippen molar-refractivity contribution in [3.8, 4) is 0 Å².